The monoisotopic (exact) mass is 238 g/mol. The largest absolute Gasteiger partial charge is 0.329 e. The molecular formula is C15H30N2. The fraction of sp³-hybridized carbons (Fsp3) is 1.00. The Hall–Kier alpha value is -0.0800. The predicted molar refractivity (Wildman–Crippen MR) is 74.0 cm³/mol. The highest BCUT2D eigenvalue weighted by molar-refractivity contribution is 5.07. The zero-order chi connectivity index (χ0) is 12.7. The normalized spacial score (nSPS) is 39.7. The molecule has 0 saturated heterocycles. The van der Waals surface area contributed by atoms with Gasteiger partial charge < -0.3 is 11.1 Å². The van der Waals surface area contributed by atoms with Crippen LogP contribution in [0.25, 0.3) is 0 Å². The second-order valence-electron chi connectivity index (χ2n) is 7.77. The SMILES string of the molecule is CC1(C)CCC(NC2(CN)CCCC2(C)C)C1. The van der Waals surface area contributed by atoms with E-state index in [1.165, 1.54) is 38.5 Å². The van der Waals surface area contributed by atoms with Crippen molar-refractivity contribution in [2.24, 2.45) is 16.6 Å². The number of hydrogen-bond donors (Lipinski definition) is 2. The molecule has 0 aromatic heterocycles. The standard InChI is InChI=1S/C15H30N2/c1-13(2)9-6-12(10-13)17-15(11-16)8-5-7-14(15,3)4/h12,17H,5-11,16H2,1-4H3. The molecule has 2 aliphatic carbocycles. The van der Waals surface area contributed by atoms with Crippen LogP contribution in [0.15, 0.2) is 0 Å². The summed E-state index contributed by atoms with van der Waals surface area (Å²) in [5, 5.41) is 3.96. The molecular weight excluding hydrogens is 208 g/mol. The molecule has 2 saturated carbocycles. The molecule has 0 radical (unpaired) electrons. The van der Waals surface area contributed by atoms with E-state index in [9.17, 15) is 0 Å². The summed E-state index contributed by atoms with van der Waals surface area (Å²) >= 11 is 0. The third kappa shape index (κ3) is 2.39. The maximum atomic E-state index is 6.13. The van der Waals surface area contributed by atoms with E-state index >= 15 is 0 Å². The number of nitrogens with two attached hydrogens (primary N) is 1. The molecule has 0 spiro atoms. The van der Waals surface area contributed by atoms with Gasteiger partial charge in [0, 0.05) is 18.1 Å². The van der Waals surface area contributed by atoms with E-state index in [1.807, 2.05) is 0 Å². The lowest BCUT2D eigenvalue weighted by atomic mass is 9.74. The van der Waals surface area contributed by atoms with Gasteiger partial charge in [-0.05, 0) is 42.9 Å². The van der Waals surface area contributed by atoms with Gasteiger partial charge in [0.15, 0.2) is 0 Å². The zero-order valence-corrected chi connectivity index (χ0v) is 12.1. The fourth-order valence-corrected chi connectivity index (χ4v) is 4.06. The number of rotatable bonds is 3. The van der Waals surface area contributed by atoms with Crippen molar-refractivity contribution in [3.63, 3.8) is 0 Å². The van der Waals surface area contributed by atoms with Crippen LogP contribution in [0, 0.1) is 10.8 Å². The number of nitrogens with one attached hydrogen (secondary N) is 1. The quantitative estimate of drug-likeness (QED) is 0.793. The second kappa shape index (κ2) is 4.24. The molecule has 3 N–H and O–H groups in total. The Kier molecular flexibility index (Phi) is 3.33. The molecule has 0 bridgehead atoms. The average molecular weight is 238 g/mol. The maximum Gasteiger partial charge on any atom is 0.0357 e. The van der Waals surface area contributed by atoms with E-state index in [1.54, 1.807) is 0 Å². The van der Waals surface area contributed by atoms with E-state index < -0.39 is 0 Å². The Bertz CT molecular complexity index is 283. The van der Waals surface area contributed by atoms with Crippen LogP contribution in [0.4, 0.5) is 0 Å². The van der Waals surface area contributed by atoms with Crippen molar-refractivity contribution in [1.29, 1.82) is 0 Å². The zero-order valence-electron chi connectivity index (χ0n) is 12.1. The molecule has 17 heavy (non-hydrogen) atoms. The Labute approximate surface area is 107 Å². The average Bonchev–Trinajstić information content (AvgIpc) is 2.69. The third-order valence-corrected chi connectivity index (χ3v) is 5.50. The molecule has 2 rings (SSSR count). The van der Waals surface area contributed by atoms with Crippen molar-refractivity contribution in [3.8, 4) is 0 Å². The van der Waals surface area contributed by atoms with E-state index in [0.717, 1.165) is 6.54 Å². The Balaban J connectivity index is 2.06. The summed E-state index contributed by atoms with van der Waals surface area (Å²) in [6.45, 7) is 10.4. The molecule has 2 heteroatoms. The highest BCUT2D eigenvalue weighted by Gasteiger charge is 2.49. The Morgan fingerprint density at radius 3 is 2.24 bits per heavy atom. The second-order valence-corrected chi connectivity index (χ2v) is 7.77. The first-order valence-electron chi connectivity index (χ1n) is 7.28. The first-order chi connectivity index (χ1) is 7.80. The van der Waals surface area contributed by atoms with Crippen LogP contribution in [0.2, 0.25) is 0 Å². The van der Waals surface area contributed by atoms with E-state index in [-0.39, 0.29) is 5.54 Å². The van der Waals surface area contributed by atoms with Gasteiger partial charge in [0.05, 0.1) is 0 Å². The molecule has 0 aromatic rings. The lowest BCUT2D eigenvalue weighted by Crippen LogP contribution is -2.60. The van der Waals surface area contributed by atoms with Gasteiger partial charge in [0.25, 0.3) is 0 Å². The lowest BCUT2D eigenvalue weighted by molar-refractivity contribution is 0.143. The van der Waals surface area contributed by atoms with Crippen LogP contribution >= 0.6 is 0 Å². The molecule has 0 amide bonds. The van der Waals surface area contributed by atoms with Crippen molar-refractivity contribution in [3.05, 3.63) is 0 Å². The van der Waals surface area contributed by atoms with Crippen LogP contribution in [0.1, 0.15) is 66.2 Å². The Morgan fingerprint density at radius 2 is 1.82 bits per heavy atom. The van der Waals surface area contributed by atoms with Crippen molar-refractivity contribution in [2.45, 2.75) is 77.8 Å². The van der Waals surface area contributed by atoms with Crippen molar-refractivity contribution in [2.75, 3.05) is 6.54 Å². The minimum atomic E-state index is 0.193. The predicted octanol–water partition coefficient (Wildman–Crippen LogP) is 3.06. The smallest absolute Gasteiger partial charge is 0.0357 e. The molecule has 0 aliphatic heterocycles. The van der Waals surface area contributed by atoms with Crippen LogP contribution in [-0.2, 0) is 0 Å². The Morgan fingerprint density at radius 1 is 1.12 bits per heavy atom. The van der Waals surface area contributed by atoms with Gasteiger partial charge >= 0.3 is 0 Å². The van der Waals surface area contributed by atoms with Gasteiger partial charge in [-0.15, -0.1) is 0 Å². The van der Waals surface area contributed by atoms with Gasteiger partial charge in [0.1, 0.15) is 0 Å². The van der Waals surface area contributed by atoms with Crippen molar-refractivity contribution < 1.29 is 0 Å². The lowest BCUT2D eigenvalue weighted by Gasteiger charge is -2.44. The van der Waals surface area contributed by atoms with Gasteiger partial charge in [-0.3, -0.25) is 0 Å². The van der Waals surface area contributed by atoms with E-state index in [2.05, 4.69) is 33.0 Å². The summed E-state index contributed by atoms with van der Waals surface area (Å²) in [4.78, 5) is 0. The van der Waals surface area contributed by atoms with Crippen LogP contribution in [0.5, 0.6) is 0 Å². The molecule has 100 valence electrons. The fourth-order valence-electron chi connectivity index (χ4n) is 4.06. The molecule has 2 fully saturated rings. The molecule has 2 atom stereocenters. The topological polar surface area (TPSA) is 38.0 Å². The van der Waals surface area contributed by atoms with Gasteiger partial charge in [-0.1, -0.05) is 34.1 Å². The van der Waals surface area contributed by atoms with Gasteiger partial charge in [0.2, 0.25) is 0 Å². The highest BCUT2D eigenvalue weighted by Crippen LogP contribution is 2.47. The van der Waals surface area contributed by atoms with Crippen LogP contribution in [0.3, 0.4) is 0 Å². The van der Waals surface area contributed by atoms with Gasteiger partial charge in [-0.2, -0.15) is 0 Å². The number of hydrogen-bond acceptors (Lipinski definition) is 2. The first-order valence-corrected chi connectivity index (χ1v) is 7.28. The van der Waals surface area contributed by atoms with Gasteiger partial charge in [-0.25, -0.2) is 0 Å². The molecule has 2 aliphatic rings. The van der Waals surface area contributed by atoms with Crippen molar-refractivity contribution >= 4 is 0 Å². The summed E-state index contributed by atoms with van der Waals surface area (Å²) < 4.78 is 0. The third-order valence-electron chi connectivity index (χ3n) is 5.50. The molecule has 2 unspecified atom stereocenters. The molecule has 0 aromatic carbocycles. The first kappa shape index (κ1) is 13.4. The summed E-state index contributed by atoms with van der Waals surface area (Å²) in [6.07, 6.45) is 7.88. The summed E-state index contributed by atoms with van der Waals surface area (Å²) in [7, 11) is 0. The van der Waals surface area contributed by atoms with Crippen LogP contribution in [-0.4, -0.2) is 18.1 Å². The minimum Gasteiger partial charge on any atom is -0.329 e. The summed E-state index contributed by atoms with van der Waals surface area (Å²) in [5.74, 6) is 0. The minimum absolute atomic E-state index is 0.193. The maximum absolute atomic E-state index is 6.13. The van der Waals surface area contributed by atoms with Crippen LogP contribution < -0.4 is 11.1 Å². The molecule has 0 heterocycles. The van der Waals surface area contributed by atoms with E-state index in [4.69, 9.17) is 5.73 Å². The van der Waals surface area contributed by atoms with Crippen molar-refractivity contribution in [1.82, 2.24) is 5.32 Å². The summed E-state index contributed by atoms with van der Waals surface area (Å²) in [5.41, 5.74) is 7.20. The van der Waals surface area contributed by atoms with E-state index in [0.29, 0.717) is 16.9 Å². The summed E-state index contributed by atoms with van der Waals surface area (Å²) in [6, 6.07) is 0.686. The highest BCUT2D eigenvalue weighted by atomic mass is 15.1. The molecule has 2 nitrogen and oxygen atoms in total.